The summed E-state index contributed by atoms with van der Waals surface area (Å²) in [7, 11) is 0. The van der Waals surface area contributed by atoms with E-state index in [1.165, 1.54) is 0 Å². The van der Waals surface area contributed by atoms with Crippen LogP contribution >= 0.6 is 0 Å². The maximum atomic E-state index is 13.4. The molecule has 2 rings (SSSR count). The van der Waals surface area contributed by atoms with Gasteiger partial charge in [0.2, 0.25) is 0 Å². The fraction of sp³-hybridized carbons (Fsp3) is 0.600. The minimum Gasteiger partial charge on any atom is -0.466 e. The second kappa shape index (κ2) is 2.84. The van der Waals surface area contributed by atoms with Gasteiger partial charge in [0.15, 0.2) is 0 Å². The topological polar surface area (TPSA) is 33.4 Å². The Labute approximate surface area is 76.4 Å². The Balaban J connectivity index is 2.44. The van der Waals surface area contributed by atoms with Crippen LogP contribution in [0.4, 0.5) is 4.39 Å². The monoisotopic (exact) mass is 184 g/mol. The molecule has 0 aliphatic heterocycles. The van der Waals surface area contributed by atoms with Gasteiger partial charge in [0, 0.05) is 17.9 Å². The molecule has 1 heterocycles. The molecule has 0 aromatic carbocycles. The zero-order valence-corrected chi connectivity index (χ0v) is 7.75. The van der Waals surface area contributed by atoms with Crippen molar-refractivity contribution in [2.75, 3.05) is 0 Å². The Morgan fingerprint density at radius 3 is 3.00 bits per heavy atom. The van der Waals surface area contributed by atoms with Crippen molar-refractivity contribution in [2.45, 2.75) is 32.5 Å². The Morgan fingerprint density at radius 2 is 2.31 bits per heavy atom. The van der Waals surface area contributed by atoms with Crippen molar-refractivity contribution < 1.29 is 13.9 Å². The zero-order valence-electron chi connectivity index (χ0n) is 7.75. The lowest BCUT2D eigenvalue weighted by atomic mass is 9.84. The van der Waals surface area contributed by atoms with Gasteiger partial charge in [-0.25, -0.2) is 4.39 Å². The molecule has 0 spiro atoms. The summed E-state index contributed by atoms with van der Waals surface area (Å²) >= 11 is 0. The molecule has 0 saturated heterocycles. The lowest BCUT2D eigenvalue weighted by Crippen LogP contribution is -2.28. The maximum Gasteiger partial charge on any atom is 0.136 e. The molecule has 1 N–H and O–H groups in total. The van der Waals surface area contributed by atoms with E-state index < -0.39 is 12.3 Å². The zero-order chi connectivity index (χ0) is 9.59. The number of furan rings is 1. The third kappa shape index (κ3) is 1.18. The van der Waals surface area contributed by atoms with E-state index in [-0.39, 0.29) is 5.92 Å². The van der Waals surface area contributed by atoms with Gasteiger partial charge in [-0.3, -0.25) is 0 Å². The van der Waals surface area contributed by atoms with Crippen molar-refractivity contribution in [1.82, 2.24) is 0 Å². The minimum atomic E-state index is -0.959. The first-order valence-electron chi connectivity index (χ1n) is 4.50. The fourth-order valence-electron chi connectivity index (χ4n) is 1.82. The van der Waals surface area contributed by atoms with Gasteiger partial charge in [-0.1, -0.05) is 6.92 Å². The van der Waals surface area contributed by atoms with Crippen molar-refractivity contribution in [2.24, 2.45) is 5.92 Å². The highest BCUT2D eigenvalue weighted by molar-refractivity contribution is 5.31. The van der Waals surface area contributed by atoms with E-state index in [0.29, 0.717) is 12.2 Å². The Kier molecular flexibility index (Phi) is 1.91. The summed E-state index contributed by atoms with van der Waals surface area (Å²) < 4.78 is 18.6. The second-order valence-electron chi connectivity index (χ2n) is 3.79. The number of aliphatic hydroxyl groups is 1. The van der Waals surface area contributed by atoms with Gasteiger partial charge in [0.1, 0.15) is 18.0 Å². The molecule has 1 aliphatic rings. The lowest BCUT2D eigenvalue weighted by molar-refractivity contribution is 0.0350. The molecule has 0 radical (unpaired) electrons. The van der Waals surface area contributed by atoms with E-state index in [2.05, 4.69) is 0 Å². The largest absolute Gasteiger partial charge is 0.466 e. The number of hydrogen-bond acceptors (Lipinski definition) is 2. The third-order valence-corrected chi connectivity index (χ3v) is 2.87. The molecule has 0 saturated carbocycles. The Morgan fingerprint density at radius 1 is 1.62 bits per heavy atom. The number of aryl methyl sites for hydroxylation is 1. The quantitative estimate of drug-likeness (QED) is 0.670. The van der Waals surface area contributed by atoms with Crippen LogP contribution in [0.1, 0.15) is 29.9 Å². The predicted molar refractivity (Wildman–Crippen MR) is 46.2 cm³/mol. The highest BCUT2D eigenvalue weighted by Crippen LogP contribution is 2.37. The van der Waals surface area contributed by atoms with Crippen LogP contribution in [-0.2, 0) is 6.42 Å². The first kappa shape index (κ1) is 8.75. The summed E-state index contributed by atoms with van der Waals surface area (Å²) in [5, 5.41) is 9.68. The van der Waals surface area contributed by atoms with Crippen molar-refractivity contribution in [3.63, 3.8) is 0 Å². The first-order valence-corrected chi connectivity index (χ1v) is 4.50. The van der Waals surface area contributed by atoms with Gasteiger partial charge in [0.25, 0.3) is 0 Å². The molecule has 2 unspecified atom stereocenters. The molecule has 13 heavy (non-hydrogen) atoms. The molecule has 0 amide bonds. The van der Waals surface area contributed by atoms with Crippen LogP contribution in [0.15, 0.2) is 10.7 Å². The van der Waals surface area contributed by atoms with E-state index >= 15 is 0 Å². The van der Waals surface area contributed by atoms with Crippen molar-refractivity contribution in [3.8, 4) is 0 Å². The van der Waals surface area contributed by atoms with Crippen molar-refractivity contribution in [3.05, 3.63) is 23.2 Å². The summed E-state index contributed by atoms with van der Waals surface area (Å²) in [6, 6.07) is 0. The van der Waals surface area contributed by atoms with Crippen LogP contribution in [0, 0.1) is 12.8 Å². The summed E-state index contributed by atoms with van der Waals surface area (Å²) in [6.07, 6.45) is 0.209. The Bertz CT molecular complexity index is 319. The SMILES string of the molecule is Cc1coc2c1CC(F)[C@H](C)C2O. The highest BCUT2D eigenvalue weighted by atomic mass is 19.1. The highest BCUT2D eigenvalue weighted by Gasteiger charge is 2.36. The molecule has 1 aromatic heterocycles. The van der Waals surface area contributed by atoms with Gasteiger partial charge in [-0.05, 0) is 12.5 Å². The smallest absolute Gasteiger partial charge is 0.136 e. The number of fused-ring (bicyclic) bond motifs is 1. The maximum absolute atomic E-state index is 13.4. The normalized spacial score (nSPS) is 33.1. The van der Waals surface area contributed by atoms with Crippen LogP contribution in [0.5, 0.6) is 0 Å². The van der Waals surface area contributed by atoms with Gasteiger partial charge in [0.05, 0.1) is 6.26 Å². The molecule has 1 aliphatic carbocycles. The van der Waals surface area contributed by atoms with Gasteiger partial charge in [-0.2, -0.15) is 0 Å². The molecule has 3 atom stereocenters. The number of rotatable bonds is 0. The molecule has 0 fully saturated rings. The summed E-state index contributed by atoms with van der Waals surface area (Å²) in [4.78, 5) is 0. The average Bonchev–Trinajstić information content (AvgIpc) is 2.45. The number of halogens is 1. The van der Waals surface area contributed by atoms with Gasteiger partial charge < -0.3 is 9.52 Å². The lowest BCUT2D eigenvalue weighted by Gasteiger charge is -2.27. The molecule has 1 aromatic rings. The van der Waals surface area contributed by atoms with Gasteiger partial charge in [-0.15, -0.1) is 0 Å². The van der Waals surface area contributed by atoms with Crippen molar-refractivity contribution in [1.29, 1.82) is 0 Å². The standard InChI is InChI=1S/C10H13FO2/c1-5-4-13-10-7(5)3-8(11)6(2)9(10)12/h4,6,8-9,12H,3H2,1-2H3/t6-,8?,9?/m0/s1. The molecule has 3 heteroatoms. The number of aliphatic hydroxyl groups excluding tert-OH is 1. The first-order chi connectivity index (χ1) is 6.11. The summed E-state index contributed by atoms with van der Waals surface area (Å²) in [6.45, 7) is 3.58. The van der Waals surface area contributed by atoms with Crippen LogP contribution in [0.3, 0.4) is 0 Å². The molecular weight excluding hydrogens is 171 g/mol. The third-order valence-electron chi connectivity index (χ3n) is 2.87. The van der Waals surface area contributed by atoms with E-state index in [1.807, 2.05) is 6.92 Å². The summed E-state index contributed by atoms with van der Waals surface area (Å²) in [5.41, 5.74) is 1.78. The Hall–Kier alpha value is -0.830. The fourth-order valence-corrected chi connectivity index (χ4v) is 1.82. The summed E-state index contributed by atoms with van der Waals surface area (Å²) in [5.74, 6) is 0.192. The molecule has 2 nitrogen and oxygen atoms in total. The van der Waals surface area contributed by atoms with Gasteiger partial charge >= 0.3 is 0 Å². The number of alkyl halides is 1. The van der Waals surface area contributed by atoms with E-state index in [4.69, 9.17) is 4.42 Å². The number of hydrogen-bond donors (Lipinski definition) is 1. The predicted octanol–water partition coefficient (Wildman–Crippen LogP) is 2.15. The van der Waals surface area contributed by atoms with E-state index in [0.717, 1.165) is 11.1 Å². The van der Waals surface area contributed by atoms with Crippen LogP contribution in [-0.4, -0.2) is 11.3 Å². The van der Waals surface area contributed by atoms with Crippen molar-refractivity contribution >= 4 is 0 Å². The van der Waals surface area contributed by atoms with Crippen LogP contribution in [0.2, 0.25) is 0 Å². The minimum absolute atomic E-state index is 0.363. The van der Waals surface area contributed by atoms with E-state index in [1.54, 1.807) is 13.2 Å². The molecular formula is C10H13FO2. The second-order valence-corrected chi connectivity index (χ2v) is 3.79. The molecule has 0 bridgehead atoms. The average molecular weight is 184 g/mol. The van der Waals surface area contributed by atoms with E-state index in [9.17, 15) is 9.50 Å². The van der Waals surface area contributed by atoms with Crippen LogP contribution < -0.4 is 0 Å². The van der Waals surface area contributed by atoms with Crippen LogP contribution in [0.25, 0.3) is 0 Å². The molecule has 72 valence electrons.